The van der Waals surface area contributed by atoms with Crippen LogP contribution in [0.25, 0.3) is 0 Å². The fourth-order valence-electron chi connectivity index (χ4n) is 2.76. The maximum atomic E-state index is 11.2. The highest BCUT2D eigenvalue weighted by Crippen LogP contribution is 2.24. The summed E-state index contributed by atoms with van der Waals surface area (Å²) in [5, 5.41) is 4.35. The van der Waals surface area contributed by atoms with Crippen molar-refractivity contribution in [2.45, 2.75) is 33.2 Å². The first-order valence-corrected chi connectivity index (χ1v) is 6.83. The summed E-state index contributed by atoms with van der Waals surface area (Å²) in [5.74, 6) is 0.959. The van der Waals surface area contributed by atoms with Gasteiger partial charge in [-0.2, -0.15) is 5.10 Å². The maximum Gasteiger partial charge on any atom is 0.155 e. The molecule has 0 aliphatic carbocycles. The van der Waals surface area contributed by atoms with Gasteiger partial charge in [0.25, 0.3) is 0 Å². The number of carbonyl (C=O) groups excluding carboxylic acids is 1. The van der Waals surface area contributed by atoms with Crippen molar-refractivity contribution < 1.29 is 4.79 Å². The minimum Gasteiger partial charge on any atom is -0.354 e. The zero-order chi connectivity index (χ0) is 14.2. The lowest BCUT2D eigenvalue weighted by atomic mass is 10.0. The Bertz CT molecular complexity index is 465. The first-order valence-electron chi connectivity index (χ1n) is 6.83. The monoisotopic (exact) mass is 264 g/mol. The van der Waals surface area contributed by atoms with Crippen LogP contribution in [-0.4, -0.2) is 52.7 Å². The molecule has 5 nitrogen and oxygen atoms in total. The Balaban J connectivity index is 2.16. The zero-order valence-electron chi connectivity index (χ0n) is 12.6. The summed E-state index contributed by atoms with van der Waals surface area (Å²) in [6, 6.07) is 0. The number of anilines is 1. The molecule has 5 heteroatoms. The summed E-state index contributed by atoms with van der Waals surface area (Å²) in [4.78, 5) is 16.0. The highest BCUT2D eigenvalue weighted by atomic mass is 16.1. The van der Waals surface area contributed by atoms with Gasteiger partial charge < -0.3 is 4.90 Å². The molecule has 0 N–H and O–H groups in total. The van der Waals surface area contributed by atoms with Crippen molar-refractivity contribution in [2.75, 3.05) is 31.1 Å². The van der Waals surface area contributed by atoms with Crippen molar-refractivity contribution in [2.24, 2.45) is 7.05 Å². The second-order valence-corrected chi connectivity index (χ2v) is 6.21. The third-order valence-corrected chi connectivity index (χ3v) is 3.88. The molecule has 1 saturated heterocycles. The maximum absolute atomic E-state index is 11.2. The number of aryl methyl sites for hydroxylation is 2. The van der Waals surface area contributed by atoms with Gasteiger partial charge in [0.05, 0.1) is 11.3 Å². The predicted molar refractivity (Wildman–Crippen MR) is 76.9 cm³/mol. The molecule has 0 atom stereocenters. The largest absolute Gasteiger partial charge is 0.354 e. The van der Waals surface area contributed by atoms with Crippen LogP contribution in [0, 0.1) is 6.92 Å². The molecule has 1 aliphatic rings. The van der Waals surface area contributed by atoms with Crippen molar-refractivity contribution in [1.29, 1.82) is 0 Å². The Morgan fingerprint density at radius 1 is 1.16 bits per heavy atom. The number of hydrogen-bond donors (Lipinski definition) is 0. The molecule has 2 rings (SSSR count). The van der Waals surface area contributed by atoms with Gasteiger partial charge >= 0.3 is 0 Å². The summed E-state index contributed by atoms with van der Waals surface area (Å²) < 4.78 is 1.83. The van der Waals surface area contributed by atoms with Crippen LogP contribution in [0.15, 0.2) is 0 Å². The van der Waals surface area contributed by atoms with E-state index in [1.807, 2.05) is 18.7 Å². The van der Waals surface area contributed by atoms with E-state index in [0.29, 0.717) is 0 Å². The van der Waals surface area contributed by atoms with E-state index >= 15 is 0 Å². The second kappa shape index (κ2) is 4.96. The van der Waals surface area contributed by atoms with Gasteiger partial charge in [0.15, 0.2) is 6.29 Å². The second-order valence-electron chi connectivity index (χ2n) is 6.21. The summed E-state index contributed by atoms with van der Waals surface area (Å²) in [7, 11) is 1.91. The van der Waals surface area contributed by atoms with Crippen LogP contribution in [0.3, 0.4) is 0 Å². The van der Waals surface area contributed by atoms with Crippen LogP contribution in [0.1, 0.15) is 36.8 Å². The van der Waals surface area contributed by atoms with Gasteiger partial charge in [-0.15, -0.1) is 0 Å². The fraction of sp³-hybridized carbons (Fsp3) is 0.714. The lowest BCUT2D eigenvalue weighted by molar-refractivity contribution is 0.112. The Kier molecular flexibility index (Phi) is 3.67. The Morgan fingerprint density at radius 2 is 1.74 bits per heavy atom. The predicted octanol–water partition coefficient (Wildman–Crippen LogP) is 1.46. The molecule has 0 saturated carbocycles. The number of nitrogens with zero attached hydrogens (tertiary/aromatic N) is 4. The topological polar surface area (TPSA) is 41.4 Å². The first kappa shape index (κ1) is 14.1. The standard InChI is InChI=1S/C14H24N4O/c1-11-12(10-19)13(16(5)15-11)17-6-8-18(9-7-17)14(2,3)4/h10H,6-9H2,1-5H3. The molecule has 106 valence electrons. The highest BCUT2D eigenvalue weighted by molar-refractivity contribution is 5.84. The van der Waals surface area contributed by atoms with Crippen molar-refractivity contribution in [3.8, 4) is 0 Å². The third-order valence-electron chi connectivity index (χ3n) is 3.88. The Morgan fingerprint density at radius 3 is 2.21 bits per heavy atom. The van der Waals surface area contributed by atoms with Gasteiger partial charge in [0.1, 0.15) is 5.82 Å². The van der Waals surface area contributed by atoms with E-state index in [2.05, 4.69) is 35.7 Å². The molecule has 0 bridgehead atoms. The van der Waals surface area contributed by atoms with Gasteiger partial charge in [-0.05, 0) is 27.7 Å². The van der Waals surface area contributed by atoms with Crippen molar-refractivity contribution in [1.82, 2.24) is 14.7 Å². The number of carbonyl (C=O) groups is 1. The lowest BCUT2D eigenvalue weighted by Crippen LogP contribution is -2.53. The molecule has 0 spiro atoms. The van der Waals surface area contributed by atoms with Gasteiger partial charge in [0, 0.05) is 38.8 Å². The third kappa shape index (κ3) is 2.66. The summed E-state index contributed by atoms with van der Waals surface area (Å²) in [6.45, 7) is 12.5. The van der Waals surface area contributed by atoms with Gasteiger partial charge in [-0.25, -0.2) is 0 Å². The minimum atomic E-state index is 0.210. The fourth-order valence-corrected chi connectivity index (χ4v) is 2.76. The average molecular weight is 264 g/mol. The van der Waals surface area contributed by atoms with Crippen molar-refractivity contribution in [3.05, 3.63) is 11.3 Å². The smallest absolute Gasteiger partial charge is 0.155 e. The molecular formula is C14H24N4O. The molecule has 0 aromatic carbocycles. The van der Waals surface area contributed by atoms with E-state index < -0.39 is 0 Å². The number of piperazine rings is 1. The molecule has 1 aromatic heterocycles. The van der Waals surface area contributed by atoms with E-state index in [9.17, 15) is 4.79 Å². The normalized spacial score (nSPS) is 17.8. The average Bonchev–Trinajstić information content (AvgIpc) is 2.62. The van der Waals surface area contributed by atoms with Crippen LogP contribution in [0.5, 0.6) is 0 Å². The number of rotatable bonds is 2. The summed E-state index contributed by atoms with van der Waals surface area (Å²) in [5.41, 5.74) is 1.75. The van der Waals surface area contributed by atoms with Crippen LogP contribution in [0.4, 0.5) is 5.82 Å². The first-order chi connectivity index (χ1) is 8.84. The van der Waals surface area contributed by atoms with Gasteiger partial charge in [0.2, 0.25) is 0 Å². The van der Waals surface area contributed by atoms with Crippen molar-refractivity contribution >= 4 is 12.1 Å². The SMILES string of the molecule is Cc1nn(C)c(N2CCN(C(C)(C)C)CC2)c1C=O. The van der Waals surface area contributed by atoms with Crippen LogP contribution >= 0.6 is 0 Å². The molecule has 0 radical (unpaired) electrons. The molecule has 1 fully saturated rings. The zero-order valence-corrected chi connectivity index (χ0v) is 12.6. The molecular weight excluding hydrogens is 240 g/mol. The Labute approximate surface area is 115 Å². The van der Waals surface area contributed by atoms with E-state index in [4.69, 9.17) is 0 Å². The minimum absolute atomic E-state index is 0.210. The molecule has 2 heterocycles. The molecule has 0 unspecified atom stereocenters. The molecule has 19 heavy (non-hydrogen) atoms. The van der Waals surface area contributed by atoms with Crippen LogP contribution < -0.4 is 4.90 Å². The Hall–Kier alpha value is -1.36. The van der Waals surface area contributed by atoms with Crippen LogP contribution in [-0.2, 0) is 7.05 Å². The quantitative estimate of drug-likeness (QED) is 0.758. The number of hydrogen-bond acceptors (Lipinski definition) is 4. The van der Waals surface area contributed by atoms with E-state index in [0.717, 1.165) is 49.5 Å². The van der Waals surface area contributed by atoms with E-state index in [-0.39, 0.29) is 5.54 Å². The summed E-state index contributed by atoms with van der Waals surface area (Å²) >= 11 is 0. The van der Waals surface area contributed by atoms with Crippen LogP contribution in [0.2, 0.25) is 0 Å². The molecule has 1 aliphatic heterocycles. The molecule has 0 amide bonds. The number of aldehydes is 1. The van der Waals surface area contributed by atoms with Gasteiger partial charge in [-0.3, -0.25) is 14.4 Å². The molecule has 1 aromatic rings. The summed E-state index contributed by atoms with van der Waals surface area (Å²) in [6.07, 6.45) is 0.924. The highest BCUT2D eigenvalue weighted by Gasteiger charge is 2.28. The van der Waals surface area contributed by atoms with E-state index in [1.165, 1.54) is 0 Å². The number of aromatic nitrogens is 2. The van der Waals surface area contributed by atoms with E-state index in [1.54, 1.807) is 0 Å². The van der Waals surface area contributed by atoms with Gasteiger partial charge in [-0.1, -0.05) is 0 Å². The van der Waals surface area contributed by atoms with Crippen molar-refractivity contribution in [3.63, 3.8) is 0 Å². The lowest BCUT2D eigenvalue weighted by Gasteiger charge is -2.42.